The quantitative estimate of drug-likeness (QED) is 0.0656. The van der Waals surface area contributed by atoms with E-state index in [4.69, 9.17) is 0 Å². The van der Waals surface area contributed by atoms with Crippen LogP contribution in [-0.4, -0.2) is 22.4 Å². The third kappa shape index (κ3) is 21.4. The number of pyridine rings is 2. The molecular formula is C88H71Br3N4P4Pd. The Bertz CT molecular complexity index is 3910. The molecule has 0 saturated heterocycles. The molecule has 494 valence electrons. The summed E-state index contributed by atoms with van der Waals surface area (Å²) in [5.41, 5.74) is 5.17. The summed E-state index contributed by atoms with van der Waals surface area (Å²) < 4.78 is 2.81. The van der Waals surface area contributed by atoms with Gasteiger partial charge in [0.15, 0.2) is 0 Å². The smallest absolute Gasteiger partial charge is 0.121 e. The Morgan fingerprint density at radius 3 is 0.630 bits per heavy atom. The van der Waals surface area contributed by atoms with E-state index >= 15 is 0 Å². The van der Waals surface area contributed by atoms with Gasteiger partial charge in [0.05, 0.1) is 34.6 Å². The zero-order chi connectivity index (χ0) is 68.1. The number of hydrogen-bond donors (Lipinski definition) is 0. The summed E-state index contributed by atoms with van der Waals surface area (Å²) in [4.78, 5) is 16.9. The molecule has 0 bridgehead atoms. The largest absolute Gasteiger partial charge is 0.286 e. The minimum absolute atomic E-state index is 0. The topological polar surface area (TPSA) is 50.5 Å². The zero-order valence-corrected chi connectivity index (χ0v) is 64.6. The van der Waals surface area contributed by atoms with Gasteiger partial charge in [-0.15, -0.1) is 0 Å². The first-order valence-electron chi connectivity index (χ1n) is 32.4. The molecule has 12 heteroatoms. The monoisotopic (exact) mass is 1650 g/mol. The van der Waals surface area contributed by atoms with Crippen LogP contribution in [0.3, 0.4) is 0 Å². The SMILES string of the molecule is Brc1cc2c(nc1Br)C=NC2.C=Cc1nc2c(cc1Br)CN=C2.[Pd].c1ccc(P(c2ccccc2)c2ccccc2)cc1.c1ccc(P(c2ccccc2)c2ccccc2)cc1.c1ccc(P(c2ccccc2)c2ccccc2)cc1.c1ccc(P(c2ccccc2)c2ccccc2)cc1. The Hall–Kier alpha value is -8.16. The zero-order valence-electron chi connectivity index (χ0n) is 54.7. The Kier molecular flexibility index (Phi) is 30.1. The van der Waals surface area contributed by atoms with E-state index in [0.29, 0.717) is 0 Å². The maximum atomic E-state index is 4.36. The summed E-state index contributed by atoms with van der Waals surface area (Å²) in [6, 6.07) is 133. The molecule has 0 fully saturated rings. The van der Waals surface area contributed by atoms with E-state index in [2.05, 4.69) is 438 Å². The number of nitrogens with zero attached hydrogens (tertiary/aromatic N) is 4. The predicted octanol–water partition coefficient (Wildman–Crippen LogP) is 18.7. The number of hydrogen-bond acceptors (Lipinski definition) is 4. The van der Waals surface area contributed by atoms with Crippen LogP contribution in [0, 0.1) is 0 Å². The van der Waals surface area contributed by atoms with Gasteiger partial charge in [-0.05, 0) is 161 Å². The van der Waals surface area contributed by atoms with Gasteiger partial charge in [-0.1, -0.05) is 371 Å². The van der Waals surface area contributed by atoms with Crippen molar-refractivity contribution in [1.29, 1.82) is 0 Å². The van der Waals surface area contributed by atoms with Crippen molar-refractivity contribution in [2.24, 2.45) is 9.98 Å². The molecule has 4 nitrogen and oxygen atoms in total. The minimum atomic E-state index is -0.446. The van der Waals surface area contributed by atoms with Gasteiger partial charge in [0, 0.05) is 48.5 Å². The van der Waals surface area contributed by atoms with E-state index in [1.165, 1.54) is 74.8 Å². The number of aliphatic imine (C=N–C) groups is 2. The van der Waals surface area contributed by atoms with Crippen LogP contribution in [0.25, 0.3) is 6.08 Å². The molecule has 100 heavy (non-hydrogen) atoms. The van der Waals surface area contributed by atoms with E-state index in [-0.39, 0.29) is 20.4 Å². The number of halogens is 3. The summed E-state index contributed by atoms with van der Waals surface area (Å²) >= 11 is 10.1. The second kappa shape index (κ2) is 40.3. The van der Waals surface area contributed by atoms with Crippen LogP contribution in [0.5, 0.6) is 0 Å². The Morgan fingerprint density at radius 1 is 0.260 bits per heavy atom. The fourth-order valence-corrected chi connectivity index (χ4v) is 21.3. The third-order valence-electron chi connectivity index (χ3n) is 15.5. The van der Waals surface area contributed by atoms with Gasteiger partial charge >= 0.3 is 0 Å². The van der Waals surface area contributed by atoms with E-state index in [0.717, 1.165) is 43.7 Å². The van der Waals surface area contributed by atoms with Crippen molar-refractivity contribution < 1.29 is 20.4 Å². The number of benzene rings is 12. The van der Waals surface area contributed by atoms with Crippen LogP contribution >= 0.6 is 79.5 Å². The Morgan fingerprint density at radius 2 is 0.440 bits per heavy atom. The molecular weight excluding hydrogens is 1580 g/mol. The molecule has 2 aliphatic heterocycles. The maximum absolute atomic E-state index is 4.36. The van der Waals surface area contributed by atoms with Gasteiger partial charge in [-0.3, -0.25) is 9.98 Å². The predicted molar refractivity (Wildman–Crippen MR) is 445 cm³/mol. The van der Waals surface area contributed by atoms with Crippen molar-refractivity contribution in [3.8, 4) is 0 Å². The molecule has 0 N–H and O–H groups in total. The van der Waals surface area contributed by atoms with Crippen LogP contribution in [0.2, 0.25) is 0 Å². The Balaban J connectivity index is 0.000000131. The van der Waals surface area contributed by atoms with Crippen molar-refractivity contribution >= 4 is 162 Å². The van der Waals surface area contributed by atoms with E-state index < -0.39 is 31.7 Å². The van der Waals surface area contributed by atoms with Crippen molar-refractivity contribution in [1.82, 2.24) is 9.97 Å². The van der Waals surface area contributed by atoms with Crippen LogP contribution in [-0.2, 0) is 33.5 Å². The molecule has 14 aromatic rings. The first kappa shape index (κ1) is 74.5. The second-order valence-electron chi connectivity index (χ2n) is 22.2. The van der Waals surface area contributed by atoms with Gasteiger partial charge in [0.2, 0.25) is 0 Å². The molecule has 0 atom stereocenters. The molecule has 16 rings (SSSR count). The van der Waals surface area contributed by atoms with Gasteiger partial charge in [-0.2, -0.15) is 0 Å². The number of fused-ring (bicyclic) bond motifs is 2. The first-order chi connectivity index (χ1) is 48.9. The van der Waals surface area contributed by atoms with Crippen molar-refractivity contribution in [2.45, 2.75) is 13.1 Å². The van der Waals surface area contributed by atoms with E-state index in [9.17, 15) is 0 Å². The van der Waals surface area contributed by atoms with Crippen LogP contribution in [0.4, 0.5) is 0 Å². The first-order valence-corrected chi connectivity index (χ1v) is 40.1. The fraction of sp³-hybridized carbons (Fsp3) is 0.0227. The third-order valence-corrected chi connectivity index (χ3v) is 27.6. The summed E-state index contributed by atoms with van der Waals surface area (Å²) in [6.07, 6.45) is 5.33. The van der Waals surface area contributed by atoms with Crippen LogP contribution in [0.15, 0.2) is 406 Å². The molecule has 12 aromatic carbocycles. The maximum Gasteiger partial charge on any atom is 0.121 e. The number of aromatic nitrogens is 2. The molecule has 0 radical (unpaired) electrons. The summed E-state index contributed by atoms with van der Waals surface area (Å²) in [7, 11) is -1.78. The second-order valence-corrected chi connectivity index (χ2v) is 33.6. The average Bonchev–Trinajstić information content (AvgIpc) is 1.43. The summed E-state index contributed by atoms with van der Waals surface area (Å²) in [5.74, 6) is 0. The molecule has 0 spiro atoms. The molecule has 0 saturated carbocycles. The normalized spacial score (nSPS) is 11.1. The van der Waals surface area contributed by atoms with Crippen LogP contribution in [0.1, 0.15) is 28.2 Å². The van der Waals surface area contributed by atoms with Gasteiger partial charge in [0.1, 0.15) is 4.60 Å². The number of rotatable bonds is 13. The molecule has 2 aliphatic rings. The van der Waals surface area contributed by atoms with Crippen LogP contribution < -0.4 is 63.7 Å². The van der Waals surface area contributed by atoms with E-state index in [1.54, 1.807) is 18.5 Å². The average molecular weight is 1650 g/mol. The van der Waals surface area contributed by atoms with Gasteiger partial charge in [-0.25, -0.2) is 9.97 Å². The molecule has 4 heterocycles. The van der Waals surface area contributed by atoms with Crippen molar-refractivity contribution in [2.75, 3.05) is 0 Å². The van der Waals surface area contributed by atoms with Gasteiger partial charge < -0.3 is 0 Å². The van der Waals surface area contributed by atoms with E-state index in [1.807, 2.05) is 12.1 Å². The summed E-state index contributed by atoms with van der Waals surface area (Å²) in [5, 5.41) is 16.8. The molecule has 0 amide bonds. The van der Waals surface area contributed by atoms with Gasteiger partial charge in [0.25, 0.3) is 0 Å². The Labute approximate surface area is 633 Å². The molecule has 2 aromatic heterocycles. The minimum Gasteiger partial charge on any atom is -0.286 e. The standard InChI is InChI=1S/4C18H15P.C9H7BrN2.C7H4Br2N2.Pd/c4*1-4-10-16(11-5-1)19(17-12-6-2-7-13-17)18-14-8-3-9-15-18;1-2-8-7(10)3-6-4-11-5-9(6)12-8;8-5-1-4-2-10-3-6(4)11-7(5)9;/h4*1-15H;2-3,5H,1,4H2;1,3H,2H2;. The fourth-order valence-electron chi connectivity index (χ4n) is 10.9. The molecule has 0 unspecified atom stereocenters. The van der Waals surface area contributed by atoms with Crippen molar-refractivity contribution in [3.05, 3.63) is 424 Å². The molecule has 0 aliphatic carbocycles. The van der Waals surface area contributed by atoms with Crippen molar-refractivity contribution in [3.63, 3.8) is 0 Å². The summed E-state index contributed by atoms with van der Waals surface area (Å²) in [6.45, 7) is 5.19.